The molecule has 8 nitrogen and oxygen atoms in total. The molecule has 0 radical (unpaired) electrons. The maximum atomic E-state index is 13.2. The first kappa shape index (κ1) is 21.3. The number of benzene rings is 1. The number of carbonyl (C=O) groups excluding carboxylic acids is 1. The molecule has 162 valence electrons. The van der Waals surface area contributed by atoms with Crippen LogP contribution < -0.4 is 15.8 Å². The lowest BCUT2D eigenvalue weighted by atomic mass is 10.1. The highest BCUT2D eigenvalue weighted by atomic mass is 16.5. The molecule has 1 fully saturated rings. The van der Waals surface area contributed by atoms with Crippen molar-refractivity contribution in [1.29, 1.82) is 5.26 Å². The van der Waals surface area contributed by atoms with E-state index in [4.69, 9.17) is 4.74 Å². The van der Waals surface area contributed by atoms with Gasteiger partial charge in [-0.3, -0.25) is 14.0 Å². The summed E-state index contributed by atoms with van der Waals surface area (Å²) in [7, 11) is 0. The molecular weight excluding hydrogens is 406 g/mol. The van der Waals surface area contributed by atoms with Crippen LogP contribution in [0.5, 0.6) is 0 Å². The molecule has 32 heavy (non-hydrogen) atoms. The highest BCUT2D eigenvalue weighted by Crippen LogP contribution is 2.20. The molecule has 0 atom stereocenters. The summed E-state index contributed by atoms with van der Waals surface area (Å²) in [6.07, 6.45) is 3.61. The zero-order valence-corrected chi connectivity index (χ0v) is 17.5. The second kappa shape index (κ2) is 9.90. The van der Waals surface area contributed by atoms with Gasteiger partial charge < -0.3 is 15.0 Å². The van der Waals surface area contributed by atoms with Crippen LogP contribution in [0.1, 0.15) is 11.1 Å². The van der Waals surface area contributed by atoms with Crippen LogP contribution >= 0.6 is 0 Å². The molecule has 3 aromatic rings. The Labute approximate surface area is 185 Å². The minimum atomic E-state index is -0.520. The highest BCUT2D eigenvalue weighted by molar-refractivity contribution is 6.02. The van der Waals surface area contributed by atoms with Gasteiger partial charge in [0.2, 0.25) is 0 Å². The number of morpholine rings is 1. The van der Waals surface area contributed by atoms with Crippen molar-refractivity contribution in [2.75, 3.05) is 37.7 Å². The second-order valence-electron chi connectivity index (χ2n) is 7.34. The molecule has 0 bridgehead atoms. The largest absolute Gasteiger partial charge is 0.378 e. The summed E-state index contributed by atoms with van der Waals surface area (Å²) in [5.41, 5.74) is 1.33. The van der Waals surface area contributed by atoms with Crippen molar-refractivity contribution in [1.82, 2.24) is 14.7 Å². The number of nitriles is 1. The zero-order chi connectivity index (χ0) is 22.3. The Balaban J connectivity index is 1.65. The fraction of sp³-hybridized carbons (Fsp3) is 0.250. The van der Waals surface area contributed by atoms with E-state index in [9.17, 15) is 14.9 Å². The van der Waals surface area contributed by atoms with Crippen LogP contribution in [0.2, 0.25) is 0 Å². The summed E-state index contributed by atoms with van der Waals surface area (Å²) >= 11 is 0. The fourth-order valence-corrected chi connectivity index (χ4v) is 3.59. The molecular formula is C24H23N5O3. The van der Waals surface area contributed by atoms with Gasteiger partial charge in [-0.15, -0.1) is 0 Å². The second-order valence-corrected chi connectivity index (χ2v) is 7.34. The monoisotopic (exact) mass is 429 g/mol. The number of ether oxygens (including phenoxy) is 1. The summed E-state index contributed by atoms with van der Waals surface area (Å²) in [6.45, 7) is 2.56. The summed E-state index contributed by atoms with van der Waals surface area (Å²) < 4.78 is 6.83. The smallest absolute Gasteiger partial charge is 0.267 e. The van der Waals surface area contributed by atoms with Crippen molar-refractivity contribution in [3.05, 3.63) is 81.8 Å². The maximum Gasteiger partial charge on any atom is 0.267 e. The van der Waals surface area contributed by atoms with E-state index < -0.39 is 5.91 Å². The Morgan fingerprint density at radius 1 is 1.16 bits per heavy atom. The Hall–Kier alpha value is -3.96. The van der Waals surface area contributed by atoms with E-state index in [0.29, 0.717) is 50.7 Å². The van der Waals surface area contributed by atoms with Crippen LogP contribution in [0.3, 0.4) is 0 Å². The van der Waals surface area contributed by atoms with Crippen LogP contribution in [0.4, 0.5) is 5.82 Å². The average molecular weight is 429 g/mol. The Kier molecular flexibility index (Phi) is 6.58. The van der Waals surface area contributed by atoms with Gasteiger partial charge >= 0.3 is 0 Å². The van der Waals surface area contributed by atoms with Gasteiger partial charge in [0.05, 0.1) is 18.8 Å². The van der Waals surface area contributed by atoms with E-state index in [-0.39, 0.29) is 16.7 Å². The number of nitrogens with zero attached hydrogens (tertiary/aromatic N) is 4. The fourth-order valence-electron chi connectivity index (χ4n) is 3.59. The third-order valence-corrected chi connectivity index (χ3v) is 5.26. The van der Waals surface area contributed by atoms with Gasteiger partial charge in [-0.25, -0.2) is 4.98 Å². The van der Waals surface area contributed by atoms with Crippen molar-refractivity contribution in [2.45, 2.75) is 6.42 Å². The topological polar surface area (TPSA) is 99.7 Å². The van der Waals surface area contributed by atoms with Gasteiger partial charge in [0.15, 0.2) is 0 Å². The predicted molar refractivity (Wildman–Crippen MR) is 121 cm³/mol. The minimum Gasteiger partial charge on any atom is -0.378 e. The first-order valence-electron chi connectivity index (χ1n) is 10.5. The molecule has 4 rings (SSSR count). The molecule has 1 aliphatic heterocycles. The maximum absolute atomic E-state index is 13.2. The van der Waals surface area contributed by atoms with Crippen LogP contribution in [0.15, 0.2) is 65.1 Å². The Morgan fingerprint density at radius 3 is 2.66 bits per heavy atom. The van der Waals surface area contributed by atoms with Crippen LogP contribution in [-0.2, 0) is 16.0 Å². The lowest BCUT2D eigenvalue weighted by Crippen LogP contribution is -2.38. The molecule has 0 spiro atoms. The summed E-state index contributed by atoms with van der Waals surface area (Å²) in [5.74, 6) is -0.0664. The number of rotatable bonds is 6. The van der Waals surface area contributed by atoms with Crippen molar-refractivity contribution in [3.63, 3.8) is 0 Å². The molecule has 1 amide bonds. The van der Waals surface area contributed by atoms with Gasteiger partial charge in [0.1, 0.15) is 23.1 Å². The van der Waals surface area contributed by atoms with Crippen LogP contribution in [0, 0.1) is 11.3 Å². The van der Waals surface area contributed by atoms with E-state index in [1.165, 1.54) is 10.5 Å². The van der Waals surface area contributed by atoms with E-state index in [0.717, 1.165) is 5.56 Å². The number of anilines is 1. The quantitative estimate of drug-likeness (QED) is 0.474. The van der Waals surface area contributed by atoms with E-state index in [2.05, 4.69) is 10.3 Å². The average Bonchev–Trinajstić information content (AvgIpc) is 2.84. The van der Waals surface area contributed by atoms with Gasteiger partial charge in [-0.05, 0) is 30.2 Å². The lowest BCUT2D eigenvalue weighted by molar-refractivity contribution is -0.117. The normalized spacial score (nSPS) is 14.2. The van der Waals surface area contributed by atoms with E-state index in [1.54, 1.807) is 24.4 Å². The predicted octanol–water partition coefficient (Wildman–Crippen LogP) is 1.80. The molecule has 1 aliphatic rings. The first-order chi connectivity index (χ1) is 15.7. The molecule has 0 saturated carbocycles. The number of hydrogen-bond acceptors (Lipinski definition) is 6. The Morgan fingerprint density at radius 2 is 1.91 bits per heavy atom. The van der Waals surface area contributed by atoms with Gasteiger partial charge in [-0.2, -0.15) is 5.26 Å². The first-order valence-corrected chi connectivity index (χ1v) is 10.5. The minimum absolute atomic E-state index is 0.137. The third-order valence-electron chi connectivity index (χ3n) is 5.26. The number of nitrogens with one attached hydrogen (secondary N) is 1. The molecule has 3 heterocycles. The number of hydrogen-bond donors (Lipinski definition) is 1. The molecule has 0 aliphatic carbocycles. The van der Waals surface area contributed by atoms with E-state index >= 15 is 0 Å². The molecule has 1 N–H and O–H groups in total. The van der Waals surface area contributed by atoms with E-state index in [1.807, 2.05) is 41.3 Å². The SMILES string of the molecule is N#CC(=Cc1c(N2CCOCC2)nc2ccccn2c1=O)C(=O)NCCc1ccccc1. The van der Waals surface area contributed by atoms with Crippen LogP contribution in [0.25, 0.3) is 11.7 Å². The molecule has 1 saturated heterocycles. The molecule has 2 aromatic heterocycles. The molecule has 1 aromatic carbocycles. The third kappa shape index (κ3) is 4.68. The number of carbonyl (C=O) groups is 1. The number of pyridine rings is 1. The van der Waals surface area contributed by atoms with Crippen molar-refractivity contribution < 1.29 is 9.53 Å². The van der Waals surface area contributed by atoms with Gasteiger partial charge in [0, 0.05) is 25.8 Å². The van der Waals surface area contributed by atoms with Gasteiger partial charge in [0.25, 0.3) is 11.5 Å². The highest BCUT2D eigenvalue weighted by Gasteiger charge is 2.21. The standard InChI is InChI=1S/C24H23N5O3/c25-17-19(23(30)26-10-9-18-6-2-1-3-7-18)16-20-22(28-12-14-32-15-13-28)27-21-8-4-5-11-29(21)24(20)31/h1-8,11,16H,9-10,12-15H2,(H,26,30). The Bertz CT molecular complexity index is 1240. The lowest BCUT2D eigenvalue weighted by Gasteiger charge is -2.29. The molecule has 0 unspecified atom stereocenters. The van der Waals surface area contributed by atoms with Crippen molar-refractivity contribution in [3.8, 4) is 6.07 Å². The van der Waals surface area contributed by atoms with Crippen molar-refractivity contribution in [2.24, 2.45) is 0 Å². The number of amides is 1. The number of aromatic nitrogens is 2. The number of fused-ring (bicyclic) bond motifs is 1. The van der Waals surface area contributed by atoms with Gasteiger partial charge in [-0.1, -0.05) is 36.4 Å². The molecule has 8 heteroatoms. The summed E-state index contributed by atoms with van der Waals surface area (Å²) in [6, 6.07) is 17.0. The van der Waals surface area contributed by atoms with Crippen molar-refractivity contribution >= 4 is 23.4 Å². The summed E-state index contributed by atoms with van der Waals surface area (Å²) in [4.78, 5) is 32.5. The van der Waals surface area contributed by atoms with Crippen LogP contribution in [-0.4, -0.2) is 48.1 Å². The summed E-state index contributed by atoms with van der Waals surface area (Å²) in [5, 5.41) is 12.4. The zero-order valence-electron chi connectivity index (χ0n) is 17.5.